The summed E-state index contributed by atoms with van der Waals surface area (Å²) in [6, 6.07) is 4.54. The molecule has 1 saturated carbocycles. The lowest BCUT2D eigenvalue weighted by molar-refractivity contribution is -0.122. The van der Waals surface area contributed by atoms with E-state index in [1.54, 1.807) is 6.07 Å². The van der Waals surface area contributed by atoms with Crippen LogP contribution >= 0.6 is 11.6 Å². The monoisotopic (exact) mass is 371 g/mol. The molecule has 2 bridgehead atoms. The number of hydrogen-bond acceptors (Lipinski definition) is 4. The Balaban J connectivity index is 1.75. The fraction of sp³-hybridized carbons (Fsp3) is 0.350. The number of fused-ring (bicyclic) bond motifs is 5. The predicted octanol–water partition coefficient (Wildman–Crippen LogP) is 3.38. The molecule has 2 fully saturated rings. The molecule has 4 unspecified atom stereocenters. The summed E-state index contributed by atoms with van der Waals surface area (Å²) in [5.74, 6) is -1.78. The van der Waals surface area contributed by atoms with E-state index in [-0.39, 0.29) is 46.1 Å². The van der Waals surface area contributed by atoms with Gasteiger partial charge in [0.25, 0.3) is 0 Å². The summed E-state index contributed by atoms with van der Waals surface area (Å²) in [5, 5.41) is 0.216. The summed E-state index contributed by atoms with van der Waals surface area (Å²) in [5.41, 5.74) is 2.87. The molecule has 2 amide bonds. The first-order valence-electron chi connectivity index (χ1n) is 8.48. The van der Waals surface area contributed by atoms with Gasteiger partial charge in [0.15, 0.2) is 0 Å². The number of carbonyl (C=O) groups excluding carboxylic acids is 3. The van der Waals surface area contributed by atoms with Crippen LogP contribution in [0.5, 0.6) is 0 Å². The van der Waals surface area contributed by atoms with Gasteiger partial charge in [-0.2, -0.15) is 0 Å². The van der Waals surface area contributed by atoms with Gasteiger partial charge in [0, 0.05) is 11.8 Å². The van der Waals surface area contributed by atoms with Gasteiger partial charge in [-0.3, -0.25) is 9.59 Å². The van der Waals surface area contributed by atoms with E-state index in [9.17, 15) is 14.4 Å². The van der Waals surface area contributed by atoms with Crippen LogP contribution in [0.3, 0.4) is 0 Å². The molecule has 4 rings (SSSR count). The number of benzene rings is 1. The topological polar surface area (TPSA) is 63.7 Å². The van der Waals surface area contributed by atoms with Gasteiger partial charge in [-0.05, 0) is 32.0 Å². The Hall–Kier alpha value is -2.40. The van der Waals surface area contributed by atoms with Crippen LogP contribution in [0.1, 0.15) is 24.2 Å². The second kappa shape index (κ2) is 5.81. The first kappa shape index (κ1) is 17.0. The standard InChI is InChI=1S/C20H18ClNO4/c1-9(2)15-11-5-6-12(15)17-16(11)18(23)22(19(17)24)10-4-7-14(21)13(8-10)20(25)26-3/h4-8,11-12,16-17H,1-3H3. The highest BCUT2D eigenvalue weighted by atomic mass is 35.5. The molecule has 1 aromatic rings. The van der Waals surface area contributed by atoms with Crippen molar-refractivity contribution in [1.82, 2.24) is 0 Å². The number of hydrogen-bond donors (Lipinski definition) is 0. The second-order valence-corrected chi connectivity index (χ2v) is 7.52. The highest BCUT2D eigenvalue weighted by molar-refractivity contribution is 6.34. The summed E-state index contributed by atoms with van der Waals surface area (Å²) in [6.07, 6.45) is 4.09. The fourth-order valence-electron chi connectivity index (χ4n) is 4.60. The van der Waals surface area contributed by atoms with Crippen LogP contribution in [0.25, 0.3) is 0 Å². The fourth-order valence-corrected chi connectivity index (χ4v) is 4.80. The third kappa shape index (κ3) is 2.13. The average Bonchev–Trinajstić information content (AvgIpc) is 3.25. The van der Waals surface area contributed by atoms with Crippen molar-refractivity contribution in [3.8, 4) is 0 Å². The predicted molar refractivity (Wildman–Crippen MR) is 96.8 cm³/mol. The molecule has 4 atom stereocenters. The number of anilines is 1. The van der Waals surface area contributed by atoms with Crippen molar-refractivity contribution < 1.29 is 19.1 Å². The molecular formula is C20H18ClNO4. The number of rotatable bonds is 2. The molecule has 6 heteroatoms. The smallest absolute Gasteiger partial charge is 0.339 e. The van der Waals surface area contributed by atoms with Crippen molar-refractivity contribution in [2.45, 2.75) is 13.8 Å². The first-order valence-corrected chi connectivity index (χ1v) is 8.86. The minimum atomic E-state index is -0.607. The molecule has 2 aliphatic carbocycles. The molecule has 0 N–H and O–H groups in total. The molecule has 134 valence electrons. The van der Waals surface area contributed by atoms with Crippen LogP contribution < -0.4 is 4.90 Å². The van der Waals surface area contributed by atoms with E-state index in [0.29, 0.717) is 5.69 Å². The Kier molecular flexibility index (Phi) is 3.81. The Morgan fingerprint density at radius 1 is 1.08 bits per heavy atom. The van der Waals surface area contributed by atoms with Crippen LogP contribution in [0.2, 0.25) is 5.02 Å². The lowest BCUT2D eigenvalue weighted by atomic mass is 9.85. The molecule has 0 aromatic heterocycles. The van der Waals surface area contributed by atoms with Crippen LogP contribution in [-0.2, 0) is 14.3 Å². The summed E-state index contributed by atoms with van der Waals surface area (Å²) in [4.78, 5) is 39.3. The van der Waals surface area contributed by atoms with Gasteiger partial charge in [0.1, 0.15) is 0 Å². The highest BCUT2D eigenvalue weighted by Crippen LogP contribution is 2.57. The van der Waals surface area contributed by atoms with E-state index in [4.69, 9.17) is 16.3 Å². The molecule has 5 nitrogen and oxygen atoms in total. The van der Waals surface area contributed by atoms with E-state index in [0.717, 1.165) is 0 Å². The average molecular weight is 372 g/mol. The molecule has 0 radical (unpaired) electrons. The van der Waals surface area contributed by atoms with E-state index in [2.05, 4.69) is 0 Å². The molecular weight excluding hydrogens is 354 g/mol. The Labute approximate surface area is 156 Å². The molecule has 0 spiro atoms. The minimum absolute atomic E-state index is 0.0103. The number of esters is 1. The lowest BCUT2D eigenvalue weighted by Gasteiger charge is -2.20. The largest absolute Gasteiger partial charge is 0.465 e. The van der Waals surface area contributed by atoms with Crippen LogP contribution in [0, 0.1) is 23.7 Å². The number of halogens is 1. The van der Waals surface area contributed by atoms with E-state index in [1.165, 1.54) is 35.3 Å². The van der Waals surface area contributed by atoms with Crippen LogP contribution in [0.15, 0.2) is 41.5 Å². The van der Waals surface area contributed by atoms with Crippen molar-refractivity contribution in [2.24, 2.45) is 23.7 Å². The summed E-state index contributed by atoms with van der Waals surface area (Å²) in [6.45, 7) is 4.05. The van der Waals surface area contributed by atoms with Crippen molar-refractivity contribution in [1.29, 1.82) is 0 Å². The Morgan fingerprint density at radius 3 is 2.15 bits per heavy atom. The summed E-state index contributed by atoms with van der Waals surface area (Å²) in [7, 11) is 1.26. The molecule has 1 heterocycles. The van der Waals surface area contributed by atoms with Gasteiger partial charge in [-0.15, -0.1) is 0 Å². The third-order valence-electron chi connectivity index (χ3n) is 5.61. The molecule has 1 saturated heterocycles. The van der Waals surface area contributed by atoms with E-state index in [1.807, 2.05) is 26.0 Å². The minimum Gasteiger partial charge on any atom is -0.465 e. The van der Waals surface area contributed by atoms with Crippen molar-refractivity contribution >= 4 is 35.1 Å². The quantitative estimate of drug-likeness (QED) is 0.454. The maximum Gasteiger partial charge on any atom is 0.339 e. The normalized spacial score (nSPS) is 28.8. The SMILES string of the molecule is COC(=O)c1cc(N2C(=O)C3C4C=CC(C4=C(C)C)C3C2=O)ccc1Cl. The van der Waals surface area contributed by atoms with Gasteiger partial charge in [-0.25, -0.2) is 9.69 Å². The molecule has 1 aromatic carbocycles. The van der Waals surface area contributed by atoms with Gasteiger partial charge < -0.3 is 4.74 Å². The van der Waals surface area contributed by atoms with Crippen LogP contribution in [0.4, 0.5) is 5.69 Å². The van der Waals surface area contributed by atoms with Crippen molar-refractivity contribution in [3.63, 3.8) is 0 Å². The molecule has 26 heavy (non-hydrogen) atoms. The van der Waals surface area contributed by atoms with Gasteiger partial charge in [-0.1, -0.05) is 34.9 Å². The lowest BCUT2D eigenvalue weighted by Crippen LogP contribution is -2.33. The molecule has 1 aliphatic heterocycles. The zero-order chi connectivity index (χ0) is 18.7. The molecule has 3 aliphatic rings. The van der Waals surface area contributed by atoms with Crippen molar-refractivity contribution in [2.75, 3.05) is 12.0 Å². The van der Waals surface area contributed by atoms with Crippen molar-refractivity contribution in [3.05, 3.63) is 52.1 Å². The van der Waals surface area contributed by atoms with E-state index >= 15 is 0 Å². The first-order chi connectivity index (χ1) is 12.4. The van der Waals surface area contributed by atoms with Crippen LogP contribution in [-0.4, -0.2) is 24.9 Å². The zero-order valence-corrected chi connectivity index (χ0v) is 15.4. The number of methoxy groups -OCH3 is 1. The second-order valence-electron chi connectivity index (χ2n) is 7.11. The van der Waals surface area contributed by atoms with Gasteiger partial charge in [0.05, 0.1) is 35.2 Å². The number of imide groups is 1. The number of allylic oxidation sites excluding steroid dienone is 4. The zero-order valence-electron chi connectivity index (χ0n) is 14.7. The summed E-state index contributed by atoms with van der Waals surface area (Å²) >= 11 is 6.05. The van der Waals surface area contributed by atoms with Gasteiger partial charge in [0.2, 0.25) is 11.8 Å². The summed E-state index contributed by atoms with van der Waals surface area (Å²) < 4.78 is 4.72. The third-order valence-corrected chi connectivity index (χ3v) is 5.94. The maximum atomic E-state index is 13.1. The van der Waals surface area contributed by atoms with Gasteiger partial charge >= 0.3 is 5.97 Å². The number of amides is 2. The number of ether oxygens (including phenoxy) is 1. The highest BCUT2D eigenvalue weighted by Gasteiger charge is 2.61. The Morgan fingerprint density at radius 2 is 1.65 bits per heavy atom. The number of carbonyl (C=O) groups is 3. The maximum absolute atomic E-state index is 13.1. The number of nitrogens with zero attached hydrogens (tertiary/aromatic N) is 1. The van der Waals surface area contributed by atoms with E-state index < -0.39 is 5.97 Å². The Bertz CT molecular complexity index is 878.